The third-order valence-corrected chi connectivity index (χ3v) is 4.29. The van der Waals surface area contributed by atoms with E-state index in [1.165, 1.54) is 19.3 Å². The lowest BCUT2D eigenvalue weighted by Crippen LogP contribution is -2.46. The third-order valence-electron chi connectivity index (χ3n) is 4.29. The molecule has 0 bridgehead atoms. The zero-order valence-electron chi connectivity index (χ0n) is 10.6. The van der Waals surface area contributed by atoms with Gasteiger partial charge in [-0.2, -0.15) is 0 Å². The molecule has 88 valence electrons. The quantitative estimate of drug-likeness (QED) is 0.775. The van der Waals surface area contributed by atoms with Crippen LogP contribution in [0.4, 0.5) is 0 Å². The highest BCUT2D eigenvalue weighted by Crippen LogP contribution is 2.45. The molecule has 1 heterocycles. The van der Waals surface area contributed by atoms with Crippen molar-refractivity contribution in [2.45, 2.75) is 71.1 Å². The van der Waals surface area contributed by atoms with Gasteiger partial charge in [0, 0.05) is 18.7 Å². The van der Waals surface area contributed by atoms with Gasteiger partial charge in [-0.25, -0.2) is 0 Å². The van der Waals surface area contributed by atoms with E-state index in [1.807, 2.05) is 0 Å². The minimum atomic E-state index is 0.120. The summed E-state index contributed by atoms with van der Waals surface area (Å²) in [6, 6.07) is 1.43. The fourth-order valence-electron chi connectivity index (χ4n) is 2.55. The van der Waals surface area contributed by atoms with Crippen molar-refractivity contribution in [1.82, 2.24) is 5.32 Å². The Morgan fingerprint density at radius 3 is 2.47 bits per heavy atom. The van der Waals surface area contributed by atoms with Crippen molar-refractivity contribution in [1.29, 1.82) is 0 Å². The van der Waals surface area contributed by atoms with E-state index in [0.29, 0.717) is 11.5 Å². The van der Waals surface area contributed by atoms with Gasteiger partial charge in [-0.1, -0.05) is 20.8 Å². The number of hydrogen-bond acceptors (Lipinski definition) is 2. The van der Waals surface area contributed by atoms with E-state index in [-0.39, 0.29) is 5.60 Å². The fraction of sp³-hybridized carbons (Fsp3) is 1.00. The van der Waals surface area contributed by atoms with Gasteiger partial charge in [-0.15, -0.1) is 0 Å². The van der Waals surface area contributed by atoms with Crippen LogP contribution >= 0.6 is 0 Å². The van der Waals surface area contributed by atoms with Crippen molar-refractivity contribution in [3.63, 3.8) is 0 Å². The smallest absolute Gasteiger partial charge is 0.0666 e. The van der Waals surface area contributed by atoms with E-state index >= 15 is 0 Å². The highest BCUT2D eigenvalue weighted by molar-refractivity contribution is 5.03. The molecule has 2 heteroatoms. The topological polar surface area (TPSA) is 21.3 Å². The van der Waals surface area contributed by atoms with Crippen molar-refractivity contribution in [2.75, 3.05) is 6.61 Å². The Hall–Kier alpha value is -0.0800. The zero-order chi connectivity index (χ0) is 11.1. The predicted molar refractivity (Wildman–Crippen MR) is 63.0 cm³/mol. The van der Waals surface area contributed by atoms with Crippen LogP contribution < -0.4 is 5.32 Å². The Balaban J connectivity index is 1.83. The first kappa shape index (κ1) is 11.4. The lowest BCUT2D eigenvalue weighted by molar-refractivity contribution is -0.0784. The second-order valence-electron chi connectivity index (χ2n) is 6.25. The normalized spacial score (nSPS) is 44.0. The summed E-state index contributed by atoms with van der Waals surface area (Å²) in [6.07, 6.45) is 4.82. The van der Waals surface area contributed by atoms with Crippen molar-refractivity contribution in [3.8, 4) is 0 Å². The Kier molecular flexibility index (Phi) is 2.85. The van der Waals surface area contributed by atoms with E-state index in [1.54, 1.807) is 0 Å². The molecule has 1 aliphatic heterocycles. The minimum Gasteiger partial charge on any atom is -0.375 e. The number of nitrogens with one attached hydrogen (secondary N) is 1. The molecule has 2 nitrogen and oxygen atoms in total. The minimum absolute atomic E-state index is 0.120. The molecule has 2 fully saturated rings. The van der Waals surface area contributed by atoms with Crippen LogP contribution in [0, 0.1) is 5.41 Å². The van der Waals surface area contributed by atoms with Crippen LogP contribution in [0.1, 0.15) is 53.4 Å². The predicted octanol–water partition coefficient (Wildman–Crippen LogP) is 2.72. The van der Waals surface area contributed by atoms with Gasteiger partial charge in [0.1, 0.15) is 0 Å². The Morgan fingerprint density at radius 1 is 1.27 bits per heavy atom. The summed E-state index contributed by atoms with van der Waals surface area (Å²) in [5.41, 5.74) is 0.663. The van der Waals surface area contributed by atoms with Gasteiger partial charge >= 0.3 is 0 Å². The second kappa shape index (κ2) is 3.74. The van der Waals surface area contributed by atoms with Crippen LogP contribution in [0.3, 0.4) is 0 Å². The molecule has 3 unspecified atom stereocenters. The number of ether oxygens (including phenoxy) is 1. The van der Waals surface area contributed by atoms with Crippen LogP contribution in [0.2, 0.25) is 0 Å². The molecule has 1 saturated carbocycles. The molecule has 0 aromatic rings. The van der Waals surface area contributed by atoms with Crippen molar-refractivity contribution < 1.29 is 4.74 Å². The van der Waals surface area contributed by atoms with Crippen LogP contribution in [0.15, 0.2) is 0 Å². The van der Waals surface area contributed by atoms with Crippen molar-refractivity contribution in [3.05, 3.63) is 0 Å². The first-order chi connectivity index (χ1) is 6.95. The summed E-state index contributed by atoms with van der Waals surface area (Å²) in [4.78, 5) is 0. The SMILES string of the molecule is CCC1(C)CC(NC2CC2(C)C)CCO1. The molecule has 15 heavy (non-hydrogen) atoms. The third kappa shape index (κ3) is 2.54. The standard InChI is InChI=1S/C13H25NO/c1-5-13(4)8-10(6-7-15-13)14-11-9-12(11,2)3/h10-11,14H,5-9H2,1-4H3. The van der Waals surface area contributed by atoms with Crippen LogP contribution in [0.25, 0.3) is 0 Å². The molecular weight excluding hydrogens is 186 g/mol. The average Bonchev–Trinajstić information content (AvgIpc) is 2.74. The maximum atomic E-state index is 5.86. The molecule has 0 amide bonds. The Labute approximate surface area is 93.8 Å². The molecule has 1 N–H and O–H groups in total. The number of hydrogen-bond donors (Lipinski definition) is 1. The Morgan fingerprint density at radius 2 is 1.93 bits per heavy atom. The first-order valence-electron chi connectivity index (χ1n) is 6.35. The summed E-state index contributed by atoms with van der Waals surface area (Å²) in [6.45, 7) is 10.1. The molecule has 3 atom stereocenters. The molecule has 2 aliphatic rings. The largest absolute Gasteiger partial charge is 0.375 e. The molecule has 1 saturated heterocycles. The van der Waals surface area contributed by atoms with E-state index in [2.05, 4.69) is 33.0 Å². The summed E-state index contributed by atoms with van der Waals surface area (Å²) in [5.74, 6) is 0. The number of rotatable bonds is 3. The van der Waals surface area contributed by atoms with E-state index < -0.39 is 0 Å². The maximum Gasteiger partial charge on any atom is 0.0666 e. The molecule has 0 aromatic heterocycles. The fourth-order valence-corrected chi connectivity index (χ4v) is 2.55. The zero-order valence-corrected chi connectivity index (χ0v) is 10.6. The molecule has 1 aliphatic carbocycles. The highest BCUT2D eigenvalue weighted by atomic mass is 16.5. The van der Waals surface area contributed by atoms with Gasteiger partial charge in [0.15, 0.2) is 0 Å². The lowest BCUT2D eigenvalue weighted by atomic mass is 9.90. The monoisotopic (exact) mass is 211 g/mol. The van der Waals surface area contributed by atoms with E-state index in [9.17, 15) is 0 Å². The molecule has 2 rings (SSSR count). The summed E-state index contributed by atoms with van der Waals surface area (Å²) < 4.78 is 5.86. The summed E-state index contributed by atoms with van der Waals surface area (Å²) >= 11 is 0. The lowest BCUT2D eigenvalue weighted by Gasteiger charge is -2.38. The Bertz CT molecular complexity index is 239. The van der Waals surface area contributed by atoms with Crippen LogP contribution in [-0.2, 0) is 4.74 Å². The molecular formula is C13H25NO. The van der Waals surface area contributed by atoms with E-state index in [0.717, 1.165) is 19.1 Å². The van der Waals surface area contributed by atoms with Crippen molar-refractivity contribution >= 4 is 0 Å². The van der Waals surface area contributed by atoms with Crippen molar-refractivity contribution in [2.24, 2.45) is 5.41 Å². The van der Waals surface area contributed by atoms with Gasteiger partial charge in [-0.05, 0) is 38.0 Å². The van der Waals surface area contributed by atoms with E-state index in [4.69, 9.17) is 4.74 Å². The summed E-state index contributed by atoms with van der Waals surface area (Å²) in [7, 11) is 0. The maximum absolute atomic E-state index is 5.86. The molecule has 0 radical (unpaired) electrons. The molecule has 0 aromatic carbocycles. The van der Waals surface area contributed by atoms with Gasteiger partial charge < -0.3 is 10.1 Å². The van der Waals surface area contributed by atoms with Gasteiger partial charge in [0.05, 0.1) is 5.60 Å². The highest BCUT2D eigenvalue weighted by Gasteiger charge is 2.47. The van der Waals surface area contributed by atoms with Crippen LogP contribution in [0.5, 0.6) is 0 Å². The van der Waals surface area contributed by atoms with Gasteiger partial charge in [-0.3, -0.25) is 0 Å². The molecule has 0 spiro atoms. The van der Waals surface area contributed by atoms with Gasteiger partial charge in [0.2, 0.25) is 0 Å². The second-order valence-corrected chi connectivity index (χ2v) is 6.25. The van der Waals surface area contributed by atoms with Gasteiger partial charge in [0.25, 0.3) is 0 Å². The summed E-state index contributed by atoms with van der Waals surface area (Å²) in [5, 5.41) is 3.79. The first-order valence-corrected chi connectivity index (χ1v) is 6.35. The average molecular weight is 211 g/mol. The van der Waals surface area contributed by atoms with Crippen LogP contribution in [-0.4, -0.2) is 24.3 Å².